The van der Waals surface area contributed by atoms with E-state index in [4.69, 9.17) is 0 Å². The van der Waals surface area contributed by atoms with Crippen LogP contribution in [-0.2, 0) is 4.79 Å². The second-order valence-electron chi connectivity index (χ2n) is 5.10. The number of nitrogens with one attached hydrogen (secondary N) is 2. The molecule has 0 aromatic heterocycles. The maximum absolute atomic E-state index is 12.1. The molecular weight excluding hydrogens is 254 g/mol. The van der Waals surface area contributed by atoms with Crippen LogP contribution >= 0.6 is 0 Å². The minimum absolute atomic E-state index is 0.111. The fourth-order valence-corrected chi connectivity index (χ4v) is 2.19. The molecule has 1 unspecified atom stereocenters. The third-order valence-corrected chi connectivity index (χ3v) is 3.56. The normalized spacial score (nSPS) is 16.3. The van der Waals surface area contributed by atoms with Gasteiger partial charge in [-0.25, -0.2) is 0 Å². The first-order valence-corrected chi connectivity index (χ1v) is 6.97. The molecule has 2 amide bonds. The van der Waals surface area contributed by atoms with Gasteiger partial charge in [0.25, 0.3) is 5.91 Å². The molecule has 0 saturated carbocycles. The lowest BCUT2D eigenvalue weighted by atomic mass is 10.1. The largest absolute Gasteiger partial charge is 0.350 e. The van der Waals surface area contributed by atoms with Crippen LogP contribution in [0.15, 0.2) is 24.3 Å². The van der Waals surface area contributed by atoms with Crippen molar-refractivity contribution < 1.29 is 9.59 Å². The highest BCUT2D eigenvalue weighted by atomic mass is 16.2. The van der Waals surface area contributed by atoms with E-state index in [9.17, 15) is 9.59 Å². The Hall–Kier alpha value is -1.88. The van der Waals surface area contributed by atoms with E-state index in [0.29, 0.717) is 18.5 Å². The van der Waals surface area contributed by atoms with Crippen LogP contribution in [0, 0.1) is 0 Å². The van der Waals surface area contributed by atoms with Crippen molar-refractivity contribution in [3.8, 4) is 0 Å². The molecule has 5 heteroatoms. The summed E-state index contributed by atoms with van der Waals surface area (Å²) in [6.07, 6.45) is 1.48. The van der Waals surface area contributed by atoms with Crippen molar-refractivity contribution in [2.45, 2.75) is 25.8 Å². The van der Waals surface area contributed by atoms with Crippen molar-refractivity contribution in [2.75, 3.05) is 25.0 Å². The van der Waals surface area contributed by atoms with Gasteiger partial charge in [0, 0.05) is 36.8 Å². The van der Waals surface area contributed by atoms with E-state index in [0.717, 1.165) is 18.7 Å². The Morgan fingerprint density at radius 3 is 2.90 bits per heavy atom. The van der Waals surface area contributed by atoms with Crippen LogP contribution in [-0.4, -0.2) is 38.0 Å². The van der Waals surface area contributed by atoms with Crippen LogP contribution in [0.25, 0.3) is 0 Å². The Kier molecular flexibility index (Phi) is 4.74. The Morgan fingerprint density at radius 2 is 2.25 bits per heavy atom. The van der Waals surface area contributed by atoms with E-state index in [1.807, 2.05) is 26.1 Å². The van der Waals surface area contributed by atoms with Gasteiger partial charge >= 0.3 is 0 Å². The van der Waals surface area contributed by atoms with Gasteiger partial charge < -0.3 is 15.5 Å². The van der Waals surface area contributed by atoms with Crippen LogP contribution in [0.5, 0.6) is 0 Å². The molecule has 1 aromatic carbocycles. The molecule has 1 aliphatic heterocycles. The van der Waals surface area contributed by atoms with Crippen LogP contribution in [0.4, 0.5) is 5.69 Å². The molecule has 20 heavy (non-hydrogen) atoms. The third-order valence-electron chi connectivity index (χ3n) is 3.56. The SMILES string of the molecule is CNC(C)CNC(=O)c1cccc(N2CCCC2=O)c1. The monoisotopic (exact) mass is 275 g/mol. The quantitative estimate of drug-likeness (QED) is 0.847. The number of hydrogen-bond donors (Lipinski definition) is 2. The molecule has 1 saturated heterocycles. The van der Waals surface area contributed by atoms with Crippen molar-refractivity contribution >= 4 is 17.5 Å². The Morgan fingerprint density at radius 1 is 1.45 bits per heavy atom. The molecule has 1 heterocycles. The highest BCUT2D eigenvalue weighted by Gasteiger charge is 2.22. The molecule has 1 aliphatic rings. The summed E-state index contributed by atoms with van der Waals surface area (Å²) in [5, 5.41) is 5.94. The van der Waals surface area contributed by atoms with E-state index >= 15 is 0 Å². The van der Waals surface area contributed by atoms with Crippen molar-refractivity contribution in [1.29, 1.82) is 0 Å². The van der Waals surface area contributed by atoms with Gasteiger partial charge in [-0.2, -0.15) is 0 Å². The van der Waals surface area contributed by atoms with Crippen molar-refractivity contribution in [1.82, 2.24) is 10.6 Å². The van der Waals surface area contributed by atoms with E-state index in [1.165, 1.54) is 0 Å². The third kappa shape index (κ3) is 3.36. The van der Waals surface area contributed by atoms with Gasteiger partial charge in [-0.05, 0) is 38.6 Å². The zero-order valence-corrected chi connectivity index (χ0v) is 12.0. The number of benzene rings is 1. The smallest absolute Gasteiger partial charge is 0.251 e. The average Bonchev–Trinajstić information content (AvgIpc) is 2.90. The Labute approximate surface area is 119 Å². The molecular formula is C15H21N3O2. The first-order chi connectivity index (χ1) is 9.61. The van der Waals surface area contributed by atoms with Crippen LogP contribution in [0.2, 0.25) is 0 Å². The first kappa shape index (κ1) is 14.5. The molecule has 2 N–H and O–H groups in total. The van der Waals surface area contributed by atoms with Gasteiger partial charge in [0.1, 0.15) is 0 Å². The molecule has 0 spiro atoms. The van der Waals surface area contributed by atoms with Crippen molar-refractivity contribution in [3.05, 3.63) is 29.8 Å². The highest BCUT2D eigenvalue weighted by molar-refractivity contribution is 5.99. The van der Waals surface area contributed by atoms with Crippen LogP contribution in [0.3, 0.4) is 0 Å². The predicted molar refractivity (Wildman–Crippen MR) is 78.9 cm³/mol. The molecule has 0 radical (unpaired) electrons. The van der Waals surface area contributed by atoms with E-state index in [1.54, 1.807) is 17.0 Å². The molecule has 108 valence electrons. The second kappa shape index (κ2) is 6.52. The van der Waals surface area contributed by atoms with Crippen molar-refractivity contribution in [2.24, 2.45) is 0 Å². The molecule has 1 atom stereocenters. The summed E-state index contributed by atoms with van der Waals surface area (Å²) < 4.78 is 0. The number of rotatable bonds is 5. The maximum Gasteiger partial charge on any atom is 0.251 e. The molecule has 5 nitrogen and oxygen atoms in total. The first-order valence-electron chi connectivity index (χ1n) is 6.97. The Bertz CT molecular complexity index is 502. The lowest BCUT2D eigenvalue weighted by Crippen LogP contribution is -2.37. The minimum atomic E-state index is -0.111. The molecule has 1 aromatic rings. The summed E-state index contributed by atoms with van der Waals surface area (Å²) in [7, 11) is 1.86. The second-order valence-corrected chi connectivity index (χ2v) is 5.10. The number of likely N-dealkylation sites (N-methyl/N-ethyl adjacent to an activating group) is 1. The standard InChI is InChI=1S/C15H21N3O2/c1-11(16-2)10-17-15(20)12-5-3-6-13(9-12)18-8-4-7-14(18)19/h3,5-6,9,11,16H,4,7-8,10H2,1-2H3,(H,17,20). The number of carbonyl (C=O) groups is 2. The number of anilines is 1. The summed E-state index contributed by atoms with van der Waals surface area (Å²) in [6, 6.07) is 7.46. The topological polar surface area (TPSA) is 61.4 Å². The maximum atomic E-state index is 12.1. The van der Waals surface area contributed by atoms with Gasteiger partial charge in [0.15, 0.2) is 0 Å². The number of carbonyl (C=O) groups excluding carboxylic acids is 2. The number of amides is 2. The van der Waals surface area contributed by atoms with Gasteiger partial charge in [-0.1, -0.05) is 6.07 Å². The molecule has 1 fully saturated rings. The van der Waals surface area contributed by atoms with Gasteiger partial charge in [-0.3, -0.25) is 9.59 Å². The summed E-state index contributed by atoms with van der Waals surface area (Å²) in [4.78, 5) is 25.5. The summed E-state index contributed by atoms with van der Waals surface area (Å²) in [6.45, 7) is 3.31. The highest BCUT2D eigenvalue weighted by Crippen LogP contribution is 2.22. The zero-order valence-electron chi connectivity index (χ0n) is 12.0. The lowest BCUT2D eigenvalue weighted by molar-refractivity contribution is -0.117. The average molecular weight is 275 g/mol. The van der Waals surface area contributed by atoms with Crippen LogP contribution in [0.1, 0.15) is 30.1 Å². The molecule has 0 bridgehead atoms. The zero-order chi connectivity index (χ0) is 14.5. The predicted octanol–water partition coefficient (Wildman–Crippen LogP) is 1.15. The molecule has 0 aliphatic carbocycles. The minimum Gasteiger partial charge on any atom is -0.350 e. The number of nitrogens with zero attached hydrogens (tertiary/aromatic N) is 1. The summed E-state index contributed by atoms with van der Waals surface area (Å²) >= 11 is 0. The fourth-order valence-electron chi connectivity index (χ4n) is 2.19. The van der Waals surface area contributed by atoms with Gasteiger partial charge in [-0.15, -0.1) is 0 Å². The van der Waals surface area contributed by atoms with E-state index in [2.05, 4.69) is 10.6 Å². The van der Waals surface area contributed by atoms with E-state index < -0.39 is 0 Å². The molecule has 2 rings (SSSR count). The lowest BCUT2D eigenvalue weighted by Gasteiger charge is -2.17. The van der Waals surface area contributed by atoms with Crippen molar-refractivity contribution in [3.63, 3.8) is 0 Å². The van der Waals surface area contributed by atoms with E-state index in [-0.39, 0.29) is 17.9 Å². The summed E-state index contributed by atoms with van der Waals surface area (Å²) in [5.41, 5.74) is 1.40. The summed E-state index contributed by atoms with van der Waals surface area (Å²) in [5.74, 6) is 0.0203. The van der Waals surface area contributed by atoms with Gasteiger partial charge in [0.2, 0.25) is 5.91 Å². The fraction of sp³-hybridized carbons (Fsp3) is 0.467. The Balaban J connectivity index is 2.05. The number of hydrogen-bond acceptors (Lipinski definition) is 3. The van der Waals surface area contributed by atoms with Gasteiger partial charge in [0.05, 0.1) is 0 Å². The van der Waals surface area contributed by atoms with Crippen LogP contribution < -0.4 is 15.5 Å².